The third-order valence-electron chi connectivity index (χ3n) is 2.90. The molecule has 1 rings (SSSR count). The molecule has 0 aliphatic heterocycles. The number of aryl methyl sites for hydroxylation is 2. The molecule has 1 aromatic rings. The lowest BCUT2D eigenvalue weighted by molar-refractivity contribution is 0.0644. The largest absolute Gasteiger partial charge is 0.493 e. The molecule has 0 fully saturated rings. The number of methoxy groups -OCH3 is 1. The number of benzene rings is 1. The fourth-order valence-electron chi connectivity index (χ4n) is 1.81. The Labute approximate surface area is 126 Å². The van der Waals surface area contributed by atoms with Crippen molar-refractivity contribution in [3.63, 3.8) is 0 Å². The van der Waals surface area contributed by atoms with Crippen molar-refractivity contribution < 1.29 is 22.6 Å². The van der Waals surface area contributed by atoms with Gasteiger partial charge >= 0.3 is 0 Å². The third-order valence-corrected chi connectivity index (χ3v) is 3.95. The van der Waals surface area contributed by atoms with Crippen LogP contribution in [0.25, 0.3) is 0 Å². The first-order valence-electron chi connectivity index (χ1n) is 6.69. The first kappa shape index (κ1) is 17.9. The molecule has 0 amide bonds. The van der Waals surface area contributed by atoms with Crippen LogP contribution in [0, 0.1) is 13.8 Å². The molecular weight excluding hydrogens is 294 g/mol. The van der Waals surface area contributed by atoms with E-state index in [9.17, 15) is 8.42 Å². The van der Waals surface area contributed by atoms with Crippen molar-refractivity contribution in [1.29, 1.82) is 0 Å². The maximum Gasteiger partial charge on any atom is 0.238 e. The molecule has 0 saturated heterocycles. The van der Waals surface area contributed by atoms with Gasteiger partial charge in [0.05, 0.1) is 24.7 Å². The van der Waals surface area contributed by atoms with E-state index in [0.717, 1.165) is 12.0 Å². The Morgan fingerprint density at radius 3 is 2.38 bits per heavy atom. The average Bonchev–Trinajstić information content (AvgIpc) is 2.39. The predicted octanol–water partition coefficient (Wildman–Crippen LogP) is 1.38. The topological polar surface area (TPSA) is 87.8 Å². The number of hydrogen-bond acceptors (Lipinski definition) is 5. The summed E-state index contributed by atoms with van der Waals surface area (Å²) in [5.41, 5.74) is 1.32. The molecular formula is C14H23NO5S. The predicted molar refractivity (Wildman–Crippen MR) is 80.1 cm³/mol. The molecule has 0 atom stereocenters. The van der Waals surface area contributed by atoms with E-state index in [-0.39, 0.29) is 4.90 Å². The van der Waals surface area contributed by atoms with E-state index in [2.05, 4.69) is 0 Å². The van der Waals surface area contributed by atoms with Gasteiger partial charge in [0.15, 0.2) is 0 Å². The van der Waals surface area contributed by atoms with E-state index in [1.807, 2.05) is 0 Å². The Balaban J connectivity index is 2.52. The lowest BCUT2D eigenvalue weighted by atomic mass is 10.1. The van der Waals surface area contributed by atoms with Crippen LogP contribution < -0.4 is 9.88 Å². The van der Waals surface area contributed by atoms with E-state index in [0.29, 0.717) is 37.7 Å². The zero-order valence-corrected chi connectivity index (χ0v) is 13.5. The molecule has 2 N–H and O–H groups in total. The van der Waals surface area contributed by atoms with Crippen LogP contribution in [0.1, 0.15) is 17.5 Å². The Morgan fingerprint density at radius 2 is 1.76 bits per heavy atom. The molecule has 0 spiro atoms. The van der Waals surface area contributed by atoms with Crippen molar-refractivity contribution in [2.45, 2.75) is 25.2 Å². The first-order valence-corrected chi connectivity index (χ1v) is 8.24. The number of nitrogens with two attached hydrogens (primary N) is 1. The molecule has 1 aromatic carbocycles. The second kappa shape index (κ2) is 8.33. The van der Waals surface area contributed by atoms with Crippen molar-refractivity contribution in [1.82, 2.24) is 0 Å². The lowest BCUT2D eigenvalue weighted by Crippen LogP contribution is -2.14. The molecule has 0 aromatic heterocycles. The SMILES string of the molecule is COCCOCCCOc1cc(C)c(S(N)(=O)=O)cc1C. The van der Waals surface area contributed by atoms with Crippen molar-refractivity contribution in [3.8, 4) is 5.75 Å². The van der Waals surface area contributed by atoms with Gasteiger partial charge < -0.3 is 14.2 Å². The normalized spacial score (nSPS) is 11.6. The van der Waals surface area contributed by atoms with E-state index in [1.165, 1.54) is 6.07 Å². The molecule has 0 radical (unpaired) electrons. The van der Waals surface area contributed by atoms with Crippen LogP contribution >= 0.6 is 0 Å². The summed E-state index contributed by atoms with van der Waals surface area (Å²) in [6, 6.07) is 3.23. The van der Waals surface area contributed by atoms with Gasteiger partial charge in [0, 0.05) is 20.1 Å². The molecule has 0 heterocycles. The molecule has 7 heteroatoms. The Hall–Kier alpha value is -1.15. The maximum absolute atomic E-state index is 11.4. The highest BCUT2D eigenvalue weighted by Crippen LogP contribution is 2.25. The first-order chi connectivity index (χ1) is 9.86. The number of primary sulfonamides is 1. The standard InChI is InChI=1S/C14H23NO5S/c1-11-10-14(21(15,16)17)12(2)9-13(11)20-6-4-5-19-8-7-18-3/h9-10H,4-8H2,1-3H3,(H2,15,16,17). The number of sulfonamides is 1. The van der Waals surface area contributed by atoms with Crippen LogP contribution in [0.4, 0.5) is 0 Å². The van der Waals surface area contributed by atoms with Gasteiger partial charge in [0.25, 0.3) is 0 Å². The molecule has 21 heavy (non-hydrogen) atoms. The van der Waals surface area contributed by atoms with Crippen molar-refractivity contribution in [3.05, 3.63) is 23.3 Å². The fraction of sp³-hybridized carbons (Fsp3) is 0.571. The second-order valence-corrected chi connectivity index (χ2v) is 6.27. The smallest absolute Gasteiger partial charge is 0.238 e. The minimum atomic E-state index is -3.70. The monoisotopic (exact) mass is 317 g/mol. The summed E-state index contributed by atoms with van der Waals surface area (Å²) in [7, 11) is -2.07. The van der Waals surface area contributed by atoms with Crippen molar-refractivity contribution in [2.24, 2.45) is 5.14 Å². The highest BCUT2D eigenvalue weighted by Gasteiger charge is 2.14. The quantitative estimate of drug-likeness (QED) is 0.695. The molecule has 0 aliphatic carbocycles. The number of rotatable bonds is 9. The van der Waals surface area contributed by atoms with Crippen molar-refractivity contribution >= 4 is 10.0 Å². The highest BCUT2D eigenvalue weighted by molar-refractivity contribution is 7.89. The van der Waals surface area contributed by atoms with Crippen LogP contribution in [0.3, 0.4) is 0 Å². The van der Waals surface area contributed by atoms with E-state index < -0.39 is 10.0 Å². The van der Waals surface area contributed by atoms with Gasteiger partial charge in [-0.05, 0) is 37.1 Å². The Bertz CT molecular complexity index is 557. The Kier molecular flexibility index (Phi) is 7.10. The summed E-state index contributed by atoms with van der Waals surface area (Å²) in [5, 5.41) is 5.16. The average molecular weight is 317 g/mol. The molecule has 120 valence electrons. The van der Waals surface area contributed by atoms with Gasteiger partial charge in [-0.25, -0.2) is 13.6 Å². The molecule has 0 aliphatic rings. The van der Waals surface area contributed by atoms with Crippen LogP contribution in [-0.4, -0.2) is 42.0 Å². The molecule has 0 unspecified atom stereocenters. The summed E-state index contributed by atoms with van der Waals surface area (Å²) in [4.78, 5) is 0.134. The number of ether oxygens (including phenoxy) is 3. The van der Waals surface area contributed by atoms with E-state index >= 15 is 0 Å². The molecule has 6 nitrogen and oxygen atoms in total. The van der Waals surface area contributed by atoms with E-state index in [1.54, 1.807) is 27.0 Å². The van der Waals surface area contributed by atoms with Gasteiger partial charge in [-0.3, -0.25) is 0 Å². The number of hydrogen-bond donors (Lipinski definition) is 1. The Morgan fingerprint density at radius 1 is 1.05 bits per heavy atom. The van der Waals surface area contributed by atoms with Crippen LogP contribution in [0.2, 0.25) is 0 Å². The summed E-state index contributed by atoms with van der Waals surface area (Å²) in [6.07, 6.45) is 0.749. The van der Waals surface area contributed by atoms with Gasteiger partial charge in [-0.1, -0.05) is 0 Å². The molecule has 0 bridgehead atoms. The van der Waals surface area contributed by atoms with Crippen LogP contribution in [0.5, 0.6) is 5.75 Å². The summed E-state index contributed by atoms with van der Waals surface area (Å²) in [5.74, 6) is 0.664. The zero-order chi connectivity index (χ0) is 15.9. The lowest BCUT2D eigenvalue weighted by Gasteiger charge is -2.12. The highest BCUT2D eigenvalue weighted by atomic mass is 32.2. The van der Waals surface area contributed by atoms with Gasteiger partial charge in [0.1, 0.15) is 5.75 Å². The van der Waals surface area contributed by atoms with Gasteiger partial charge in [0.2, 0.25) is 10.0 Å². The zero-order valence-electron chi connectivity index (χ0n) is 12.7. The summed E-state index contributed by atoms with van der Waals surface area (Å²) >= 11 is 0. The second-order valence-electron chi connectivity index (χ2n) is 4.74. The fourth-order valence-corrected chi connectivity index (χ4v) is 2.66. The van der Waals surface area contributed by atoms with E-state index in [4.69, 9.17) is 19.3 Å². The molecule has 0 saturated carbocycles. The van der Waals surface area contributed by atoms with Gasteiger partial charge in [-0.15, -0.1) is 0 Å². The van der Waals surface area contributed by atoms with Crippen LogP contribution in [0.15, 0.2) is 17.0 Å². The maximum atomic E-state index is 11.4. The summed E-state index contributed by atoms with van der Waals surface area (Å²) < 4.78 is 38.7. The van der Waals surface area contributed by atoms with Crippen molar-refractivity contribution in [2.75, 3.05) is 33.5 Å². The van der Waals surface area contributed by atoms with Crippen LogP contribution in [-0.2, 0) is 19.5 Å². The minimum absolute atomic E-state index is 0.134. The third kappa shape index (κ3) is 6.01. The van der Waals surface area contributed by atoms with Gasteiger partial charge in [-0.2, -0.15) is 0 Å². The summed E-state index contributed by atoms with van der Waals surface area (Å²) in [6.45, 7) is 5.73. The minimum Gasteiger partial charge on any atom is -0.493 e.